The average Bonchev–Trinajstić information content (AvgIpc) is 3.32. The third-order valence-electron chi connectivity index (χ3n) is 12.9. The van der Waals surface area contributed by atoms with Gasteiger partial charge in [-0.1, -0.05) is 201 Å². The van der Waals surface area contributed by atoms with E-state index in [2.05, 4.69) is 44.0 Å². The molecule has 0 saturated heterocycles. The maximum absolute atomic E-state index is 14.5. The van der Waals surface area contributed by atoms with E-state index in [4.69, 9.17) is 15.2 Å². The van der Waals surface area contributed by atoms with E-state index in [1.165, 1.54) is 122 Å². The number of hydrogen-bond acceptors (Lipinski definition) is 10. The molecule has 0 saturated carbocycles. The molecular weight excluding hydrogens is 897 g/mol. The Balaban J connectivity index is 5.96. The molecule has 0 aromatic carbocycles. The van der Waals surface area contributed by atoms with Crippen molar-refractivity contribution in [1.29, 1.82) is 0 Å². The van der Waals surface area contributed by atoms with Gasteiger partial charge < -0.3 is 35.8 Å². The second-order valence-electron chi connectivity index (χ2n) is 19.3. The minimum Gasteiger partial charge on any atom is -0.481 e. The van der Waals surface area contributed by atoms with Crippen LogP contribution in [0.3, 0.4) is 0 Å². The predicted molar refractivity (Wildman–Crippen MR) is 280 cm³/mol. The van der Waals surface area contributed by atoms with Crippen LogP contribution >= 0.6 is 12.6 Å². The summed E-state index contributed by atoms with van der Waals surface area (Å²) in [5.74, 6) is -5.15. The molecular formula is C54H100N4O10S. The van der Waals surface area contributed by atoms with Crippen LogP contribution in [0.15, 0.2) is 0 Å². The third-order valence-corrected chi connectivity index (χ3v) is 13.2. The minimum absolute atomic E-state index is 0.112. The van der Waals surface area contributed by atoms with Gasteiger partial charge in [-0.3, -0.25) is 33.6 Å². The number of carbonyl (C=O) groups is 7. The van der Waals surface area contributed by atoms with Crippen molar-refractivity contribution in [2.75, 3.05) is 18.9 Å². The summed E-state index contributed by atoms with van der Waals surface area (Å²) >= 11 is 4.40. The molecule has 4 amide bonds. The van der Waals surface area contributed by atoms with Crippen LogP contribution in [0.5, 0.6) is 0 Å². The largest absolute Gasteiger partial charge is 0.481 e. The summed E-state index contributed by atoms with van der Waals surface area (Å²) < 4.78 is 11.6. The lowest BCUT2D eigenvalue weighted by Gasteiger charge is -2.34. The maximum atomic E-state index is 14.5. The fourth-order valence-corrected chi connectivity index (χ4v) is 8.64. The molecule has 0 aliphatic rings. The summed E-state index contributed by atoms with van der Waals surface area (Å²) in [6.07, 6.45) is 32.9. The number of nitrogens with two attached hydrogens (primary N) is 1. The van der Waals surface area contributed by atoms with E-state index >= 15 is 0 Å². The van der Waals surface area contributed by atoms with E-state index in [0.29, 0.717) is 19.3 Å². The number of carboxylic acid groups (broad SMARTS) is 1. The molecule has 0 rings (SSSR count). The number of ether oxygens (including phenoxy) is 2. The first kappa shape index (κ1) is 65.6. The zero-order valence-corrected chi connectivity index (χ0v) is 44.9. The Hall–Kier alpha value is -3.36. The predicted octanol–water partition coefficient (Wildman–Crippen LogP) is 11.2. The first-order valence-electron chi connectivity index (χ1n) is 27.7. The summed E-state index contributed by atoms with van der Waals surface area (Å²) in [6.45, 7) is 7.25. The van der Waals surface area contributed by atoms with Gasteiger partial charge in [-0.2, -0.15) is 12.6 Å². The van der Waals surface area contributed by atoms with Gasteiger partial charge in [-0.15, -0.1) is 0 Å². The van der Waals surface area contributed by atoms with Crippen molar-refractivity contribution in [3.63, 3.8) is 0 Å². The van der Waals surface area contributed by atoms with E-state index in [1.54, 1.807) is 0 Å². The quantitative estimate of drug-likeness (QED) is 0.0221. The van der Waals surface area contributed by atoms with Crippen molar-refractivity contribution in [2.24, 2.45) is 5.73 Å². The minimum atomic E-state index is -1.35. The van der Waals surface area contributed by atoms with Crippen LogP contribution in [0, 0.1) is 0 Å². The number of unbranched alkanes of at least 4 members (excludes halogenated alkanes) is 28. The average molecular weight is 997 g/mol. The van der Waals surface area contributed by atoms with Crippen molar-refractivity contribution in [3.05, 3.63) is 0 Å². The molecule has 0 aliphatic heterocycles. The maximum Gasteiger partial charge on any atom is 0.306 e. The van der Waals surface area contributed by atoms with E-state index < -0.39 is 72.8 Å². The Labute approximate surface area is 424 Å². The van der Waals surface area contributed by atoms with Gasteiger partial charge in [0.1, 0.15) is 24.7 Å². The molecule has 15 heteroatoms. The molecule has 5 N–H and O–H groups in total. The van der Waals surface area contributed by atoms with Gasteiger partial charge in [0.2, 0.25) is 23.6 Å². The SMILES string of the molecule is CCCCCCCCCCCCCCCC(=O)N[C@@H](CS)C(=O)N(C[C@H](COC(=O)CCCCCCCCCCC)OC(=O)CCCCCCCCCCC)[C@@H](C)C(=O)N[C@H](CCC(=O)O)C(N)=O. The summed E-state index contributed by atoms with van der Waals surface area (Å²) in [7, 11) is 0. The lowest BCUT2D eigenvalue weighted by molar-refractivity contribution is -0.163. The molecule has 0 fully saturated rings. The molecule has 4 atom stereocenters. The van der Waals surface area contributed by atoms with Gasteiger partial charge in [0.15, 0.2) is 6.10 Å². The lowest BCUT2D eigenvalue weighted by Crippen LogP contribution is -2.59. The molecule has 0 aromatic rings. The van der Waals surface area contributed by atoms with Crippen LogP contribution in [0.2, 0.25) is 0 Å². The summed E-state index contributed by atoms with van der Waals surface area (Å²) in [4.78, 5) is 92.6. The summed E-state index contributed by atoms with van der Waals surface area (Å²) in [6, 6.07) is -3.86. The van der Waals surface area contributed by atoms with Crippen LogP contribution in [0.1, 0.15) is 259 Å². The molecule has 0 aromatic heterocycles. The van der Waals surface area contributed by atoms with Gasteiger partial charge in [0.05, 0.1) is 6.54 Å². The number of thiol groups is 1. The van der Waals surface area contributed by atoms with Gasteiger partial charge >= 0.3 is 17.9 Å². The number of carbonyl (C=O) groups excluding carboxylic acids is 6. The molecule has 0 radical (unpaired) electrons. The highest BCUT2D eigenvalue weighted by molar-refractivity contribution is 7.80. The standard InChI is InChI=1S/C54H100N4O10S/c1-5-8-11-14-17-20-21-22-23-26-27-30-33-36-48(59)56-47(43-69)54(66)58(44(4)53(65)57-46(52(55)64)39-40-49(60)61)41-45(68-51(63)38-35-32-29-25-19-16-13-10-7-3)42-67-50(62)37-34-31-28-24-18-15-12-9-6-2/h44-47,69H,5-43H2,1-4H3,(H2,55,64)(H,56,59)(H,57,65)(H,60,61)/t44-,45+,46+,47-/m0/s1. The highest BCUT2D eigenvalue weighted by Crippen LogP contribution is 2.17. The normalized spacial score (nSPS) is 12.9. The number of aliphatic carboxylic acids is 1. The highest BCUT2D eigenvalue weighted by atomic mass is 32.1. The molecule has 0 spiro atoms. The molecule has 69 heavy (non-hydrogen) atoms. The Morgan fingerprint density at radius 2 is 0.928 bits per heavy atom. The van der Waals surface area contributed by atoms with Gasteiger partial charge in [-0.05, 0) is 32.6 Å². The lowest BCUT2D eigenvalue weighted by atomic mass is 10.0. The number of rotatable bonds is 49. The number of nitrogens with one attached hydrogen (secondary N) is 2. The number of carboxylic acids is 1. The first-order valence-corrected chi connectivity index (χ1v) is 28.3. The van der Waals surface area contributed by atoms with E-state index in [-0.39, 0.29) is 44.0 Å². The highest BCUT2D eigenvalue weighted by Gasteiger charge is 2.36. The summed E-state index contributed by atoms with van der Waals surface area (Å²) in [5.41, 5.74) is 5.52. The zero-order chi connectivity index (χ0) is 51.3. The van der Waals surface area contributed by atoms with Crippen LogP contribution in [0.25, 0.3) is 0 Å². The number of amides is 4. The first-order chi connectivity index (χ1) is 33.3. The van der Waals surface area contributed by atoms with Crippen molar-refractivity contribution in [3.8, 4) is 0 Å². The third kappa shape index (κ3) is 38.1. The van der Waals surface area contributed by atoms with Crippen molar-refractivity contribution >= 4 is 54.2 Å². The Bertz CT molecular complexity index is 1370. The number of hydrogen-bond donors (Lipinski definition) is 5. The second kappa shape index (κ2) is 45.8. The van der Waals surface area contributed by atoms with Gasteiger partial charge in [-0.25, -0.2) is 0 Å². The fraction of sp³-hybridized carbons (Fsp3) is 0.870. The number of esters is 2. The van der Waals surface area contributed by atoms with Gasteiger partial charge in [0, 0.05) is 31.4 Å². The monoisotopic (exact) mass is 997 g/mol. The Morgan fingerprint density at radius 1 is 0.536 bits per heavy atom. The van der Waals surface area contributed by atoms with Crippen molar-refractivity contribution < 1.29 is 48.1 Å². The number of nitrogens with zero attached hydrogens (tertiary/aromatic N) is 1. The molecule has 0 aliphatic carbocycles. The number of primary amides is 1. The zero-order valence-electron chi connectivity index (χ0n) is 44.0. The van der Waals surface area contributed by atoms with Crippen LogP contribution in [-0.4, -0.2) is 94.7 Å². The van der Waals surface area contributed by atoms with E-state index in [0.717, 1.165) is 69.1 Å². The Morgan fingerprint density at radius 3 is 1.32 bits per heavy atom. The molecule has 14 nitrogen and oxygen atoms in total. The Kier molecular flexibility index (Phi) is 43.5. The van der Waals surface area contributed by atoms with Gasteiger partial charge in [0.25, 0.3) is 0 Å². The van der Waals surface area contributed by atoms with Crippen molar-refractivity contribution in [1.82, 2.24) is 15.5 Å². The molecule has 0 bridgehead atoms. The van der Waals surface area contributed by atoms with E-state index in [1.807, 2.05) is 0 Å². The topological polar surface area (TPSA) is 212 Å². The van der Waals surface area contributed by atoms with Crippen LogP contribution in [-0.2, 0) is 43.0 Å². The molecule has 0 heterocycles. The molecule has 0 unspecified atom stereocenters. The molecule has 402 valence electrons. The van der Waals surface area contributed by atoms with Crippen LogP contribution in [0.4, 0.5) is 0 Å². The van der Waals surface area contributed by atoms with E-state index in [9.17, 15) is 38.7 Å². The summed E-state index contributed by atoms with van der Waals surface area (Å²) in [5, 5.41) is 14.5. The smallest absolute Gasteiger partial charge is 0.306 e. The fourth-order valence-electron chi connectivity index (χ4n) is 8.39. The second-order valence-corrected chi connectivity index (χ2v) is 19.7. The van der Waals surface area contributed by atoms with Crippen molar-refractivity contribution in [2.45, 2.75) is 283 Å². The van der Waals surface area contributed by atoms with Crippen LogP contribution < -0.4 is 16.4 Å².